The van der Waals surface area contributed by atoms with Gasteiger partial charge in [0.1, 0.15) is 12.2 Å². The van der Waals surface area contributed by atoms with Crippen molar-refractivity contribution >= 4 is 5.91 Å². The number of rotatable bonds is 6. The molecule has 1 aromatic heterocycles. The average Bonchev–Trinajstić information content (AvgIpc) is 3.23. The molecule has 1 aromatic rings. The molecule has 1 aliphatic carbocycles. The van der Waals surface area contributed by atoms with Crippen LogP contribution in [0.1, 0.15) is 39.0 Å². The van der Waals surface area contributed by atoms with E-state index in [1.807, 2.05) is 16.9 Å². The van der Waals surface area contributed by atoms with Crippen molar-refractivity contribution in [1.82, 2.24) is 14.7 Å². The molecule has 3 fully saturated rings. The zero-order valence-electron chi connectivity index (χ0n) is 15.0. The molecule has 3 aliphatic rings. The Kier molecular flexibility index (Phi) is 5.08. The summed E-state index contributed by atoms with van der Waals surface area (Å²) in [6, 6.07) is 2.15. The monoisotopic (exact) mass is 347 g/mol. The van der Waals surface area contributed by atoms with Gasteiger partial charge < -0.3 is 14.4 Å². The summed E-state index contributed by atoms with van der Waals surface area (Å²) in [4.78, 5) is 14.9. The molecule has 3 heterocycles. The lowest BCUT2D eigenvalue weighted by Gasteiger charge is -2.38. The summed E-state index contributed by atoms with van der Waals surface area (Å²) in [7, 11) is 0. The fourth-order valence-electron chi connectivity index (χ4n) is 4.54. The van der Waals surface area contributed by atoms with Gasteiger partial charge in [0.15, 0.2) is 0 Å². The Hall–Kier alpha value is -1.40. The van der Waals surface area contributed by atoms with Crippen LogP contribution in [-0.4, -0.2) is 58.6 Å². The molecule has 0 radical (unpaired) electrons. The molecule has 6 heteroatoms. The van der Waals surface area contributed by atoms with Crippen LogP contribution in [0.25, 0.3) is 0 Å². The highest BCUT2D eigenvalue weighted by molar-refractivity contribution is 5.80. The van der Waals surface area contributed by atoms with Crippen molar-refractivity contribution in [3.8, 4) is 0 Å². The predicted molar refractivity (Wildman–Crippen MR) is 92.9 cm³/mol. The lowest BCUT2D eigenvalue weighted by molar-refractivity contribution is -0.143. The van der Waals surface area contributed by atoms with Gasteiger partial charge in [0.2, 0.25) is 5.91 Å². The fraction of sp³-hybridized carbons (Fsp3) is 0.789. The predicted octanol–water partition coefficient (Wildman–Crippen LogP) is 2.09. The maximum atomic E-state index is 12.9. The van der Waals surface area contributed by atoms with Gasteiger partial charge in [-0.15, -0.1) is 0 Å². The molecular weight excluding hydrogens is 318 g/mol. The van der Waals surface area contributed by atoms with E-state index in [4.69, 9.17) is 9.47 Å². The van der Waals surface area contributed by atoms with E-state index in [0.717, 1.165) is 45.3 Å². The highest BCUT2D eigenvalue weighted by atomic mass is 16.5. The van der Waals surface area contributed by atoms with Gasteiger partial charge in [0, 0.05) is 44.6 Å². The van der Waals surface area contributed by atoms with Crippen molar-refractivity contribution in [2.75, 3.05) is 19.8 Å². The van der Waals surface area contributed by atoms with E-state index in [1.54, 1.807) is 6.20 Å². The second-order valence-corrected chi connectivity index (χ2v) is 7.84. The van der Waals surface area contributed by atoms with Crippen molar-refractivity contribution in [3.05, 3.63) is 18.5 Å². The zero-order valence-corrected chi connectivity index (χ0v) is 15.0. The van der Waals surface area contributed by atoms with Crippen LogP contribution < -0.4 is 0 Å². The van der Waals surface area contributed by atoms with Crippen LogP contribution in [-0.2, 0) is 20.8 Å². The third-order valence-electron chi connectivity index (χ3n) is 5.91. The molecule has 138 valence electrons. The van der Waals surface area contributed by atoms with Gasteiger partial charge in [0.05, 0.1) is 6.04 Å². The molecule has 0 N–H and O–H groups in total. The van der Waals surface area contributed by atoms with Crippen molar-refractivity contribution in [2.24, 2.45) is 11.8 Å². The van der Waals surface area contributed by atoms with E-state index in [1.165, 1.54) is 0 Å². The van der Waals surface area contributed by atoms with Crippen LogP contribution >= 0.6 is 0 Å². The highest BCUT2D eigenvalue weighted by Gasteiger charge is 2.48. The number of hydrogen-bond donors (Lipinski definition) is 0. The van der Waals surface area contributed by atoms with Crippen molar-refractivity contribution in [3.63, 3.8) is 0 Å². The van der Waals surface area contributed by atoms with Gasteiger partial charge in [-0.05, 0) is 44.1 Å². The van der Waals surface area contributed by atoms with Crippen LogP contribution in [0.15, 0.2) is 18.5 Å². The maximum Gasteiger partial charge on any atom is 0.226 e. The molecule has 2 aliphatic heterocycles. The van der Waals surface area contributed by atoms with Crippen molar-refractivity contribution in [1.29, 1.82) is 0 Å². The van der Waals surface area contributed by atoms with Crippen molar-refractivity contribution < 1.29 is 14.3 Å². The Labute approximate surface area is 149 Å². The Bertz CT molecular complexity index is 570. The maximum absolute atomic E-state index is 12.9. The molecule has 25 heavy (non-hydrogen) atoms. The summed E-state index contributed by atoms with van der Waals surface area (Å²) >= 11 is 0. The summed E-state index contributed by atoms with van der Waals surface area (Å²) in [6.45, 7) is 5.25. The molecule has 0 bridgehead atoms. The first-order chi connectivity index (χ1) is 12.2. The molecular formula is C19H29N3O3. The van der Waals surface area contributed by atoms with Gasteiger partial charge >= 0.3 is 0 Å². The highest BCUT2D eigenvalue weighted by Crippen LogP contribution is 2.38. The zero-order chi connectivity index (χ0) is 17.2. The van der Waals surface area contributed by atoms with Gasteiger partial charge in [-0.1, -0.05) is 6.92 Å². The summed E-state index contributed by atoms with van der Waals surface area (Å²) in [5.74, 6) is 1.27. The second-order valence-electron chi connectivity index (χ2n) is 7.84. The lowest BCUT2D eigenvalue weighted by Crippen LogP contribution is -2.47. The Balaban J connectivity index is 1.31. The molecule has 4 rings (SSSR count). The Morgan fingerprint density at radius 2 is 2.28 bits per heavy atom. The van der Waals surface area contributed by atoms with E-state index in [-0.39, 0.29) is 24.2 Å². The smallest absolute Gasteiger partial charge is 0.226 e. The number of nitrogens with zero attached hydrogens (tertiary/aromatic N) is 3. The largest absolute Gasteiger partial charge is 0.374 e. The quantitative estimate of drug-likeness (QED) is 0.740. The average molecular weight is 347 g/mol. The SMILES string of the molecule is CC1CC(C(=O)N2C[C@H](OCCCn3cccn3)[C@H]3OCCC[C@H]32)C1. The molecule has 0 aromatic carbocycles. The number of carbonyl (C=O) groups is 1. The Morgan fingerprint density at radius 1 is 1.40 bits per heavy atom. The number of fused-ring (bicyclic) bond motifs is 1. The van der Waals surface area contributed by atoms with Crippen LogP contribution in [0.2, 0.25) is 0 Å². The van der Waals surface area contributed by atoms with E-state index >= 15 is 0 Å². The first kappa shape index (κ1) is 17.0. The number of aromatic nitrogens is 2. The minimum absolute atomic E-state index is 0.0179. The van der Waals surface area contributed by atoms with Gasteiger partial charge in [-0.2, -0.15) is 5.10 Å². The topological polar surface area (TPSA) is 56.6 Å². The second kappa shape index (κ2) is 7.46. The fourth-order valence-corrected chi connectivity index (χ4v) is 4.54. The number of hydrogen-bond acceptors (Lipinski definition) is 4. The third-order valence-corrected chi connectivity index (χ3v) is 5.91. The summed E-state index contributed by atoms with van der Waals surface area (Å²) in [6.07, 6.45) is 8.93. The van der Waals surface area contributed by atoms with Crippen molar-refractivity contribution in [2.45, 2.75) is 63.8 Å². The third kappa shape index (κ3) is 3.60. The van der Waals surface area contributed by atoms with Gasteiger partial charge in [-0.25, -0.2) is 0 Å². The molecule has 1 saturated carbocycles. The molecule has 2 saturated heterocycles. The molecule has 0 unspecified atom stereocenters. The number of amides is 1. The molecule has 6 nitrogen and oxygen atoms in total. The number of ether oxygens (including phenoxy) is 2. The standard InChI is InChI=1S/C19H29N3O3/c1-14-11-15(12-14)19(23)22-13-17(18-16(22)5-2-9-25-18)24-10-4-8-21-7-3-6-20-21/h3,6-7,14-18H,2,4-5,8-13H2,1H3/t14?,15?,16-,17+,18+/m1/s1. The van der Waals surface area contributed by atoms with E-state index in [2.05, 4.69) is 16.9 Å². The molecule has 3 atom stereocenters. The summed E-state index contributed by atoms with van der Waals surface area (Å²) in [5, 5.41) is 4.21. The van der Waals surface area contributed by atoms with E-state index < -0.39 is 0 Å². The summed E-state index contributed by atoms with van der Waals surface area (Å²) in [5.41, 5.74) is 0. The number of carbonyl (C=O) groups excluding carboxylic acids is 1. The molecule has 0 spiro atoms. The minimum atomic E-state index is 0.0179. The number of likely N-dealkylation sites (tertiary alicyclic amines) is 1. The normalized spacial score (nSPS) is 34.6. The minimum Gasteiger partial charge on any atom is -0.374 e. The van der Waals surface area contributed by atoms with E-state index in [0.29, 0.717) is 25.0 Å². The van der Waals surface area contributed by atoms with Crippen LogP contribution in [0.4, 0.5) is 0 Å². The first-order valence-electron chi connectivity index (χ1n) is 9.73. The van der Waals surface area contributed by atoms with Gasteiger partial charge in [-0.3, -0.25) is 9.48 Å². The van der Waals surface area contributed by atoms with Crippen LogP contribution in [0.5, 0.6) is 0 Å². The Morgan fingerprint density at radius 3 is 3.04 bits per heavy atom. The lowest BCUT2D eigenvalue weighted by atomic mass is 9.75. The first-order valence-corrected chi connectivity index (χ1v) is 9.73. The van der Waals surface area contributed by atoms with Crippen LogP contribution in [0, 0.1) is 11.8 Å². The summed E-state index contributed by atoms with van der Waals surface area (Å²) < 4.78 is 14.1. The van der Waals surface area contributed by atoms with E-state index in [9.17, 15) is 4.79 Å². The number of aryl methyl sites for hydroxylation is 1. The van der Waals surface area contributed by atoms with Crippen LogP contribution in [0.3, 0.4) is 0 Å². The van der Waals surface area contributed by atoms with Gasteiger partial charge in [0.25, 0.3) is 0 Å². The molecule has 1 amide bonds.